The van der Waals surface area contributed by atoms with E-state index in [4.69, 9.17) is 28.9 Å². The number of anilines is 1. The fraction of sp³-hybridized carbons (Fsp3) is 0.133. The Labute approximate surface area is 136 Å². The van der Waals surface area contributed by atoms with E-state index in [2.05, 4.69) is 5.32 Å². The lowest BCUT2D eigenvalue weighted by Crippen LogP contribution is -2.38. The first-order valence-corrected chi connectivity index (χ1v) is 7.97. The van der Waals surface area contributed by atoms with Gasteiger partial charge in [0.1, 0.15) is 6.04 Å². The number of thioether (sulfide) groups is 1. The fourth-order valence-corrected chi connectivity index (χ4v) is 3.74. The Kier molecular flexibility index (Phi) is 4.13. The molecule has 0 aromatic heterocycles. The van der Waals surface area contributed by atoms with Gasteiger partial charge in [-0.25, -0.2) is 0 Å². The zero-order valence-corrected chi connectivity index (χ0v) is 13.2. The summed E-state index contributed by atoms with van der Waals surface area (Å²) in [5.41, 5.74) is 7.78. The van der Waals surface area contributed by atoms with E-state index < -0.39 is 6.04 Å². The summed E-state index contributed by atoms with van der Waals surface area (Å²) < 4.78 is 0. The van der Waals surface area contributed by atoms with Crippen molar-refractivity contribution in [1.29, 1.82) is 0 Å². The SMILES string of the molecule is NC1C(=O)Nc2ccccc2SC1c1ccc(Cl)c(Cl)c1. The maximum Gasteiger partial charge on any atom is 0.242 e. The van der Waals surface area contributed by atoms with E-state index in [0.717, 1.165) is 16.1 Å². The topological polar surface area (TPSA) is 55.1 Å². The second-order valence-electron chi connectivity index (χ2n) is 4.72. The molecule has 3 N–H and O–H groups in total. The van der Waals surface area contributed by atoms with Crippen LogP contribution in [-0.2, 0) is 4.79 Å². The fourth-order valence-electron chi connectivity index (χ4n) is 2.20. The van der Waals surface area contributed by atoms with Gasteiger partial charge in [-0.15, -0.1) is 11.8 Å². The molecule has 0 spiro atoms. The Morgan fingerprint density at radius 2 is 1.86 bits per heavy atom. The molecule has 3 rings (SSSR count). The molecule has 6 heteroatoms. The van der Waals surface area contributed by atoms with Crippen molar-refractivity contribution in [3.05, 3.63) is 58.1 Å². The van der Waals surface area contributed by atoms with Crippen molar-refractivity contribution in [1.82, 2.24) is 0 Å². The molecular formula is C15H12Cl2N2OS. The number of amides is 1. The summed E-state index contributed by atoms with van der Waals surface area (Å²) in [6.07, 6.45) is 0. The number of carbonyl (C=O) groups excluding carboxylic acids is 1. The van der Waals surface area contributed by atoms with Crippen LogP contribution >= 0.6 is 35.0 Å². The van der Waals surface area contributed by atoms with Gasteiger partial charge in [0.2, 0.25) is 5.91 Å². The Hall–Kier alpha value is -1.20. The lowest BCUT2D eigenvalue weighted by atomic mass is 10.1. The Morgan fingerprint density at radius 3 is 2.62 bits per heavy atom. The van der Waals surface area contributed by atoms with Crippen LogP contribution in [0, 0.1) is 0 Å². The number of fused-ring (bicyclic) bond motifs is 1. The molecule has 0 radical (unpaired) electrons. The second kappa shape index (κ2) is 5.89. The third kappa shape index (κ3) is 2.90. The molecule has 1 aliphatic rings. The van der Waals surface area contributed by atoms with Gasteiger partial charge in [0.05, 0.1) is 21.0 Å². The summed E-state index contributed by atoms with van der Waals surface area (Å²) in [5, 5.41) is 3.58. The molecule has 2 aromatic carbocycles. The number of hydrogen-bond acceptors (Lipinski definition) is 3. The van der Waals surface area contributed by atoms with Crippen molar-refractivity contribution >= 4 is 46.6 Å². The van der Waals surface area contributed by atoms with Gasteiger partial charge in [-0.3, -0.25) is 4.79 Å². The van der Waals surface area contributed by atoms with Gasteiger partial charge in [0, 0.05) is 4.90 Å². The molecule has 0 saturated carbocycles. The van der Waals surface area contributed by atoms with Gasteiger partial charge in [0.15, 0.2) is 0 Å². The number of carbonyl (C=O) groups is 1. The highest BCUT2D eigenvalue weighted by molar-refractivity contribution is 7.99. The van der Waals surface area contributed by atoms with Crippen LogP contribution in [0.4, 0.5) is 5.69 Å². The highest BCUT2D eigenvalue weighted by atomic mass is 35.5. The molecule has 0 saturated heterocycles. The molecule has 0 fully saturated rings. The van der Waals surface area contributed by atoms with Crippen LogP contribution in [0.3, 0.4) is 0 Å². The van der Waals surface area contributed by atoms with Crippen molar-refractivity contribution in [3.63, 3.8) is 0 Å². The number of rotatable bonds is 1. The van der Waals surface area contributed by atoms with E-state index in [-0.39, 0.29) is 11.2 Å². The van der Waals surface area contributed by atoms with Crippen LogP contribution in [-0.4, -0.2) is 11.9 Å². The minimum atomic E-state index is -0.667. The van der Waals surface area contributed by atoms with Gasteiger partial charge in [-0.1, -0.05) is 41.4 Å². The number of benzene rings is 2. The number of nitrogens with one attached hydrogen (secondary N) is 1. The molecule has 1 heterocycles. The van der Waals surface area contributed by atoms with Crippen LogP contribution < -0.4 is 11.1 Å². The summed E-state index contributed by atoms with van der Waals surface area (Å²) in [4.78, 5) is 13.2. The van der Waals surface area contributed by atoms with Crippen LogP contribution in [0.5, 0.6) is 0 Å². The average Bonchev–Trinajstić information content (AvgIpc) is 2.60. The molecule has 108 valence electrons. The Bertz CT molecular complexity index is 708. The second-order valence-corrected chi connectivity index (χ2v) is 6.72. The maximum absolute atomic E-state index is 12.2. The normalized spacial score (nSPS) is 21.4. The maximum atomic E-state index is 12.2. The van der Waals surface area contributed by atoms with Crippen molar-refractivity contribution in [2.75, 3.05) is 5.32 Å². The largest absolute Gasteiger partial charge is 0.324 e. The van der Waals surface area contributed by atoms with Crippen LogP contribution in [0.15, 0.2) is 47.4 Å². The van der Waals surface area contributed by atoms with Crippen molar-refractivity contribution in [2.45, 2.75) is 16.2 Å². The van der Waals surface area contributed by atoms with Gasteiger partial charge in [-0.05, 0) is 29.8 Å². The average molecular weight is 339 g/mol. The monoisotopic (exact) mass is 338 g/mol. The third-order valence-electron chi connectivity index (χ3n) is 3.30. The Balaban J connectivity index is 2.04. The molecule has 1 amide bonds. The third-order valence-corrected chi connectivity index (χ3v) is 5.47. The van der Waals surface area contributed by atoms with E-state index in [1.807, 2.05) is 30.3 Å². The first kappa shape index (κ1) is 14.7. The number of nitrogens with two attached hydrogens (primary N) is 1. The van der Waals surface area contributed by atoms with E-state index in [1.165, 1.54) is 0 Å². The number of halogens is 2. The Morgan fingerprint density at radius 1 is 1.10 bits per heavy atom. The van der Waals surface area contributed by atoms with Gasteiger partial charge in [-0.2, -0.15) is 0 Å². The summed E-state index contributed by atoms with van der Waals surface area (Å²) >= 11 is 13.6. The highest BCUT2D eigenvalue weighted by Gasteiger charge is 2.31. The summed E-state index contributed by atoms with van der Waals surface area (Å²) in [7, 11) is 0. The smallest absolute Gasteiger partial charge is 0.242 e. The summed E-state index contributed by atoms with van der Waals surface area (Å²) in [6, 6.07) is 12.3. The zero-order valence-electron chi connectivity index (χ0n) is 10.8. The first-order valence-electron chi connectivity index (χ1n) is 6.33. The van der Waals surface area contributed by atoms with Gasteiger partial charge in [0.25, 0.3) is 0 Å². The van der Waals surface area contributed by atoms with Gasteiger partial charge >= 0.3 is 0 Å². The number of hydrogen-bond donors (Lipinski definition) is 2. The minimum absolute atomic E-state index is 0.205. The van der Waals surface area contributed by atoms with E-state index in [1.54, 1.807) is 23.9 Å². The van der Waals surface area contributed by atoms with Crippen molar-refractivity contribution in [2.24, 2.45) is 5.73 Å². The molecule has 1 aliphatic heterocycles. The predicted octanol–water partition coefficient (Wildman–Crippen LogP) is 4.11. The van der Waals surface area contributed by atoms with Crippen LogP contribution in [0.25, 0.3) is 0 Å². The molecule has 3 nitrogen and oxygen atoms in total. The standard InChI is InChI=1S/C15H12Cl2N2OS/c16-9-6-5-8(7-10(9)17)14-13(18)15(20)19-11-3-1-2-4-12(11)21-14/h1-7,13-14H,18H2,(H,19,20). The molecule has 2 atom stereocenters. The molecule has 0 bridgehead atoms. The highest BCUT2D eigenvalue weighted by Crippen LogP contribution is 2.44. The summed E-state index contributed by atoms with van der Waals surface area (Å²) in [5.74, 6) is -0.205. The number of para-hydroxylation sites is 1. The zero-order chi connectivity index (χ0) is 15.0. The van der Waals surface area contributed by atoms with E-state index >= 15 is 0 Å². The molecule has 0 aliphatic carbocycles. The van der Waals surface area contributed by atoms with Crippen molar-refractivity contribution < 1.29 is 4.79 Å². The molecule has 2 unspecified atom stereocenters. The first-order chi connectivity index (χ1) is 10.1. The quantitative estimate of drug-likeness (QED) is 0.822. The van der Waals surface area contributed by atoms with Crippen molar-refractivity contribution in [3.8, 4) is 0 Å². The molecule has 2 aromatic rings. The van der Waals surface area contributed by atoms with Crippen LogP contribution in [0.2, 0.25) is 10.0 Å². The summed E-state index contributed by atoms with van der Waals surface area (Å²) in [6.45, 7) is 0. The minimum Gasteiger partial charge on any atom is -0.324 e. The predicted molar refractivity (Wildman–Crippen MR) is 88.1 cm³/mol. The van der Waals surface area contributed by atoms with E-state index in [0.29, 0.717) is 10.0 Å². The van der Waals surface area contributed by atoms with Gasteiger partial charge < -0.3 is 11.1 Å². The van der Waals surface area contributed by atoms with Crippen LogP contribution in [0.1, 0.15) is 10.8 Å². The lowest BCUT2D eigenvalue weighted by molar-refractivity contribution is -0.117. The molecular weight excluding hydrogens is 327 g/mol. The molecule has 21 heavy (non-hydrogen) atoms. The lowest BCUT2D eigenvalue weighted by Gasteiger charge is -2.20. The van der Waals surface area contributed by atoms with E-state index in [9.17, 15) is 4.79 Å².